The number of nitrogens with zero attached hydrogens (tertiary/aromatic N) is 1. The van der Waals surface area contributed by atoms with Gasteiger partial charge in [0.05, 0.1) is 17.8 Å². The molecule has 0 radical (unpaired) electrons. The molecule has 0 fully saturated rings. The fraction of sp³-hybridized carbons (Fsp3) is 0.200. The van der Waals surface area contributed by atoms with Crippen LogP contribution in [0.4, 0.5) is 5.69 Å². The Hall–Kier alpha value is -2.88. The lowest BCUT2D eigenvalue weighted by atomic mass is 10.1. The molecule has 1 N–H and O–H groups in total. The monoisotopic (exact) mass is 320 g/mol. The molecule has 2 aromatic carbocycles. The third kappa shape index (κ3) is 3.38. The van der Waals surface area contributed by atoms with Crippen LogP contribution in [-0.4, -0.2) is 17.5 Å². The minimum absolute atomic E-state index is 0.161. The van der Waals surface area contributed by atoms with Crippen molar-refractivity contribution in [3.63, 3.8) is 0 Å². The van der Waals surface area contributed by atoms with Gasteiger partial charge in [-0.2, -0.15) is 0 Å². The summed E-state index contributed by atoms with van der Waals surface area (Å²) in [6.45, 7) is 4.70. The van der Waals surface area contributed by atoms with Crippen LogP contribution < -0.4 is 10.1 Å². The Bertz CT molecular complexity index is 874. The van der Waals surface area contributed by atoms with Gasteiger partial charge >= 0.3 is 0 Å². The molecule has 4 heteroatoms. The predicted octanol–water partition coefficient (Wildman–Crippen LogP) is 4.58. The van der Waals surface area contributed by atoms with Crippen molar-refractivity contribution in [1.29, 1.82) is 0 Å². The van der Waals surface area contributed by atoms with Crippen LogP contribution in [0, 0.1) is 6.92 Å². The average Bonchev–Trinajstić information content (AvgIpc) is 2.63. The van der Waals surface area contributed by atoms with Crippen LogP contribution in [-0.2, 0) is 0 Å². The average molecular weight is 320 g/mol. The molecule has 0 bridgehead atoms. The molecule has 3 aromatic rings. The van der Waals surface area contributed by atoms with Gasteiger partial charge in [-0.25, -0.2) is 0 Å². The van der Waals surface area contributed by atoms with Gasteiger partial charge in [-0.15, -0.1) is 0 Å². The van der Waals surface area contributed by atoms with Crippen molar-refractivity contribution in [3.05, 3.63) is 65.9 Å². The van der Waals surface area contributed by atoms with E-state index in [0.717, 1.165) is 28.6 Å². The Labute approximate surface area is 141 Å². The molecule has 4 nitrogen and oxygen atoms in total. The van der Waals surface area contributed by atoms with Crippen molar-refractivity contribution in [2.45, 2.75) is 20.3 Å². The van der Waals surface area contributed by atoms with E-state index in [9.17, 15) is 4.79 Å². The van der Waals surface area contributed by atoms with E-state index in [1.54, 1.807) is 18.3 Å². The van der Waals surface area contributed by atoms with E-state index < -0.39 is 0 Å². The predicted molar refractivity (Wildman–Crippen MR) is 96.7 cm³/mol. The molecule has 0 saturated carbocycles. The second-order valence-electron chi connectivity index (χ2n) is 5.66. The highest BCUT2D eigenvalue weighted by atomic mass is 16.5. The molecule has 1 amide bonds. The van der Waals surface area contributed by atoms with E-state index in [2.05, 4.69) is 10.3 Å². The number of pyridine rings is 1. The van der Waals surface area contributed by atoms with Crippen molar-refractivity contribution in [2.24, 2.45) is 0 Å². The molecule has 0 saturated heterocycles. The molecule has 24 heavy (non-hydrogen) atoms. The van der Waals surface area contributed by atoms with Crippen LogP contribution in [0.3, 0.4) is 0 Å². The molecule has 0 aliphatic rings. The summed E-state index contributed by atoms with van der Waals surface area (Å²) in [5.74, 6) is 0.547. The maximum Gasteiger partial charge on any atom is 0.255 e. The van der Waals surface area contributed by atoms with Crippen LogP contribution in [0.25, 0.3) is 10.9 Å². The summed E-state index contributed by atoms with van der Waals surface area (Å²) in [6, 6.07) is 14.9. The van der Waals surface area contributed by atoms with Gasteiger partial charge in [-0.05, 0) is 55.3 Å². The Morgan fingerprint density at radius 1 is 1.17 bits per heavy atom. The largest absolute Gasteiger partial charge is 0.494 e. The van der Waals surface area contributed by atoms with Crippen molar-refractivity contribution >= 4 is 22.5 Å². The van der Waals surface area contributed by atoms with Crippen LogP contribution in [0.1, 0.15) is 29.3 Å². The van der Waals surface area contributed by atoms with Gasteiger partial charge in [0.15, 0.2) is 0 Å². The van der Waals surface area contributed by atoms with Crippen LogP contribution in [0.15, 0.2) is 54.7 Å². The summed E-state index contributed by atoms with van der Waals surface area (Å²) >= 11 is 0. The number of hydrogen-bond donors (Lipinski definition) is 1. The molecule has 0 spiro atoms. The number of aryl methyl sites for hydroxylation is 1. The number of hydrogen-bond acceptors (Lipinski definition) is 3. The SMILES string of the molecule is CCCOc1cccc(C(=O)Nc2ccc(C)c3ncccc23)c1. The maximum absolute atomic E-state index is 12.6. The second-order valence-corrected chi connectivity index (χ2v) is 5.66. The molecular formula is C20H20N2O2. The Balaban J connectivity index is 1.87. The van der Waals surface area contributed by atoms with E-state index in [4.69, 9.17) is 4.74 Å². The highest BCUT2D eigenvalue weighted by Gasteiger charge is 2.10. The summed E-state index contributed by atoms with van der Waals surface area (Å²) in [4.78, 5) is 17.0. The van der Waals surface area contributed by atoms with Gasteiger partial charge in [0, 0.05) is 17.1 Å². The third-order valence-electron chi connectivity index (χ3n) is 3.79. The number of rotatable bonds is 5. The van der Waals surface area contributed by atoms with E-state index in [-0.39, 0.29) is 5.91 Å². The molecule has 1 heterocycles. The Morgan fingerprint density at radius 2 is 2.04 bits per heavy atom. The number of benzene rings is 2. The van der Waals surface area contributed by atoms with Crippen molar-refractivity contribution in [3.8, 4) is 5.75 Å². The summed E-state index contributed by atoms with van der Waals surface area (Å²) in [5, 5.41) is 3.91. The number of nitrogens with one attached hydrogen (secondary N) is 1. The second kappa shape index (κ2) is 7.13. The van der Waals surface area contributed by atoms with Gasteiger partial charge < -0.3 is 10.1 Å². The molecule has 1 aromatic heterocycles. The zero-order valence-corrected chi connectivity index (χ0v) is 13.9. The van der Waals surface area contributed by atoms with Gasteiger partial charge in [0.2, 0.25) is 0 Å². The first-order chi connectivity index (χ1) is 11.7. The number of ether oxygens (including phenoxy) is 1. The number of amides is 1. The van der Waals surface area contributed by atoms with Crippen molar-refractivity contribution in [2.75, 3.05) is 11.9 Å². The maximum atomic E-state index is 12.6. The topological polar surface area (TPSA) is 51.2 Å². The first kappa shape index (κ1) is 16.0. The smallest absolute Gasteiger partial charge is 0.255 e. The fourth-order valence-corrected chi connectivity index (χ4v) is 2.56. The molecule has 3 rings (SSSR count). The van der Waals surface area contributed by atoms with E-state index >= 15 is 0 Å². The van der Waals surface area contributed by atoms with E-state index in [0.29, 0.717) is 17.9 Å². The zero-order valence-electron chi connectivity index (χ0n) is 13.9. The van der Waals surface area contributed by atoms with Gasteiger partial charge in [-0.1, -0.05) is 19.1 Å². The Morgan fingerprint density at radius 3 is 2.88 bits per heavy atom. The third-order valence-corrected chi connectivity index (χ3v) is 3.79. The molecule has 0 atom stereocenters. The first-order valence-corrected chi connectivity index (χ1v) is 8.07. The van der Waals surface area contributed by atoms with Gasteiger partial charge in [-0.3, -0.25) is 9.78 Å². The van der Waals surface area contributed by atoms with Gasteiger partial charge in [0.25, 0.3) is 5.91 Å². The highest BCUT2D eigenvalue weighted by Crippen LogP contribution is 2.25. The fourth-order valence-electron chi connectivity index (χ4n) is 2.56. The lowest BCUT2D eigenvalue weighted by molar-refractivity contribution is 0.102. The number of carbonyl (C=O) groups excluding carboxylic acids is 1. The summed E-state index contributed by atoms with van der Waals surface area (Å²) in [6.07, 6.45) is 2.69. The molecule has 0 aliphatic heterocycles. The number of fused-ring (bicyclic) bond motifs is 1. The molecule has 0 unspecified atom stereocenters. The minimum Gasteiger partial charge on any atom is -0.494 e. The molecular weight excluding hydrogens is 300 g/mol. The molecule has 122 valence electrons. The molecule has 0 aliphatic carbocycles. The standard InChI is InChI=1S/C20H20N2O2/c1-3-12-24-16-7-4-6-15(13-16)20(23)22-18-10-9-14(2)19-17(18)8-5-11-21-19/h4-11,13H,3,12H2,1-2H3,(H,22,23). The van der Waals surface area contributed by atoms with Crippen LogP contribution >= 0.6 is 0 Å². The summed E-state index contributed by atoms with van der Waals surface area (Å²) < 4.78 is 5.59. The Kier molecular flexibility index (Phi) is 4.75. The summed E-state index contributed by atoms with van der Waals surface area (Å²) in [7, 11) is 0. The van der Waals surface area contributed by atoms with Gasteiger partial charge in [0.1, 0.15) is 5.75 Å². The zero-order chi connectivity index (χ0) is 16.9. The first-order valence-electron chi connectivity index (χ1n) is 8.07. The number of carbonyl (C=O) groups is 1. The number of aromatic nitrogens is 1. The number of anilines is 1. The van der Waals surface area contributed by atoms with Crippen LogP contribution in [0.2, 0.25) is 0 Å². The lowest BCUT2D eigenvalue weighted by Gasteiger charge is -2.11. The van der Waals surface area contributed by atoms with Crippen molar-refractivity contribution < 1.29 is 9.53 Å². The minimum atomic E-state index is -0.161. The summed E-state index contributed by atoms with van der Waals surface area (Å²) in [5.41, 5.74) is 3.31. The van der Waals surface area contributed by atoms with Crippen LogP contribution in [0.5, 0.6) is 5.75 Å². The lowest BCUT2D eigenvalue weighted by Crippen LogP contribution is -2.12. The highest BCUT2D eigenvalue weighted by molar-refractivity contribution is 6.09. The van der Waals surface area contributed by atoms with E-state index in [1.165, 1.54) is 0 Å². The normalized spacial score (nSPS) is 10.6. The van der Waals surface area contributed by atoms with Crippen molar-refractivity contribution in [1.82, 2.24) is 4.98 Å². The quantitative estimate of drug-likeness (QED) is 0.748. The van der Waals surface area contributed by atoms with E-state index in [1.807, 2.05) is 50.2 Å².